The number of rotatable bonds is 59. The number of benzene rings is 4. The van der Waals surface area contributed by atoms with E-state index in [1.165, 1.54) is 11.8 Å². The summed E-state index contributed by atoms with van der Waals surface area (Å²) in [5, 5.41) is 70.5. The monoisotopic (exact) mass is 2020 g/mol. The highest BCUT2D eigenvalue weighted by atomic mass is 32.1. The summed E-state index contributed by atoms with van der Waals surface area (Å²) in [6, 6.07) is 5.69. The number of carboxylic acids is 1. The number of nitrogens with two attached hydrogens (primary N) is 4. The van der Waals surface area contributed by atoms with Crippen LogP contribution in [0, 0.1) is 23.7 Å². The molecule has 0 radical (unpaired) electrons. The van der Waals surface area contributed by atoms with E-state index in [4.69, 9.17) is 22.9 Å². The number of nitrogens with one attached hydrogen (secondary N) is 16. The number of nitrogens with zero attached hydrogens (tertiary/aromatic N) is 1. The van der Waals surface area contributed by atoms with Crippen LogP contribution >= 0.6 is 25.3 Å². The number of fused-ring (bicyclic) bond motifs is 1. The summed E-state index contributed by atoms with van der Waals surface area (Å²) in [5.74, 6) is -22.8. The predicted molar refractivity (Wildman–Crippen MR) is 528 cm³/mol. The van der Waals surface area contributed by atoms with Gasteiger partial charge in [0, 0.05) is 73.7 Å². The van der Waals surface area contributed by atoms with Crippen LogP contribution in [0.25, 0.3) is 10.9 Å². The molecule has 1 saturated heterocycles. The number of likely N-dealkylation sites (tertiary alicyclic amines) is 1. The van der Waals surface area contributed by atoms with Gasteiger partial charge in [-0.2, -0.15) is 25.3 Å². The average molecular weight is 2020 g/mol. The smallest absolute Gasteiger partial charge is 0.327 e. The number of amides is 19. The van der Waals surface area contributed by atoms with Crippen molar-refractivity contribution in [2.45, 2.75) is 268 Å². The molecule has 4 aromatic carbocycles. The molecule has 2 heterocycles. The van der Waals surface area contributed by atoms with Gasteiger partial charge in [0.15, 0.2) is 0 Å². The maximum absolute atomic E-state index is 14.9. The zero-order valence-corrected chi connectivity index (χ0v) is 82.9. The van der Waals surface area contributed by atoms with Crippen molar-refractivity contribution in [1.82, 2.24) is 89.6 Å². The van der Waals surface area contributed by atoms with Gasteiger partial charge in [0.25, 0.3) is 0 Å². The third-order valence-corrected chi connectivity index (χ3v) is 23.9. The molecule has 5 aromatic rings. The van der Waals surface area contributed by atoms with Crippen molar-refractivity contribution in [3.63, 3.8) is 0 Å². The number of H-pyrrole nitrogens is 1. The van der Waals surface area contributed by atoms with Crippen molar-refractivity contribution < 1.29 is 111 Å². The van der Waals surface area contributed by atoms with E-state index in [9.17, 15) is 111 Å². The zero-order valence-electron chi connectivity index (χ0n) is 81.1. The van der Waals surface area contributed by atoms with Crippen molar-refractivity contribution >= 4 is 154 Å². The lowest BCUT2D eigenvalue weighted by molar-refractivity contribution is -0.143. The number of hydrogen-bond acceptors (Lipinski definition) is 25. The van der Waals surface area contributed by atoms with Gasteiger partial charge in [-0.15, -0.1) is 0 Å². The lowest BCUT2D eigenvalue weighted by atomic mass is 9.99. The third-order valence-electron chi connectivity index (χ3n) is 23.1. The van der Waals surface area contributed by atoms with Crippen LogP contribution in [0.2, 0.25) is 0 Å². The highest BCUT2D eigenvalue weighted by molar-refractivity contribution is 7.80. The second kappa shape index (κ2) is 58.0. The van der Waals surface area contributed by atoms with Gasteiger partial charge >= 0.3 is 5.97 Å². The minimum Gasteiger partial charge on any atom is -0.480 e. The lowest BCUT2D eigenvalue weighted by Gasteiger charge is -2.31. The number of carbonyl (C=O) groups is 20. The van der Waals surface area contributed by atoms with E-state index < -0.39 is 289 Å². The molecular formula is C96H137N21O23S2. The Morgan fingerprint density at radius 1 is 0.387 bits per heavy atom. The number of thiol groups is 2. The number of aromatic amines is 1. The van der Waals surface area contributed by atoms with Gasteiger partial charge < -0.3 is 128 Å². The second-order valence-electron chi connectivity index (χ2n) is 36.8. The van der Waals surface area contributed by atoms with Gasteiger partial charge in [-0.05, 0) is 111 Å². The molecule has 0 unspecified atom stereocenters. The summed E-state index contributed by atoms with van der Waals surface area (Å²) in [7, 11) is 0. The average Bonchev–Trinajstić information content (AvgIpc) is 1.36. The van der Waals surface area contributed by atoms with Crippen LogP contribution in [0.5, 0.6) is 0 Å². The first kappa shape index (κ1) is 117. The number of primary amides is 3. The summed E-state index contributed by atoms with van der Waals surface area (Å²) in [6.07, 6.45) is -3.86. The minimum absolute atomic E-state index is 0.0298. The van der Waals surface area contributed by atoms with Crippen molar-refractivity contribution in [2.75, 3.05) is 24.7 Å². The van der Waals surface area contributed by atoms with E-state index in [-0.39, 0.29) is 69.4 Å². The number of hydrogen-bond donors (Lipinski definition) is 25. The second-order valence-corrected chi connectivity index (χ2v) is 37.5. The highest BCUT2D eigenvalue weighted by Gasteiger charge is 2.44. The SMILES string of the molecule is CC(C)C[C@H](NC(=O)[C@H](CCC(N)=O)NC(=O)[C@H](CCC(N)=O)NC(=O)[C@H](Cc1ccccc1)NC(=O)[C@H](C)N)C(=O)N[C@@H](Cc1ccccc1)C(=O)N[C@@H](CC(C)C)C(=O)N[C@@H](CC(N)=O)C(=O)N[C@H](C(=O)N[C@@H](CC(C)C)C(=O)N[C@@H](CO)C(=O)N[C@@H](Cc1ccccc1)C(=O)N[C@H](C(=O)N[C@@H](CS)C(=O)N1CCC[C@H]1C(=O)N[C@@H](Cc1c[nH]c2ccccc12)C(=O)N[C@@H](CS)C(=O)O)C(C)C)[C@@H](C)O. The molecule has 0 aliphatic carbocycles. The summed E-state index contributed by atoms with van der Waals surface area (Å²) >= 11 is 8.47. The van der Waals surface area contributed by atoms with Crippen molar-refractivity contribution in [1.29, 1.82) is 0 Å². The van der Waals surface area contributed by atoms with E-state index >= 15 is 0 Å². The fourth-order valence-electron chi connectivity index (χ4n) is 15.6. The lowest BCUT2D eigenvalue weighted by Crippen LogP contribution is -2.63. The maximum atomic E-state index is 14.9. The Kier molecular flexibility index (Phi) is 47.8. The number of aliphatic hydroxyl groups is 2. The van der Waals surface area contributed by atoms with Crippen molar-refractivity contribution in [3.05, 3.63) is 144 Å². The first-order valence-corrected chi connectivity index (χ1v) is 48.3. The van der Waals surface area contributed by atoms with Crippen LogP contribution in [0.4, 0.5) is 0 Å². The Balaban J connectivity index is 1.16. The molecule has 1 fully saturated rings. The standard InChI is InChI=1S/C96H137N21O23S2/c1-49(2)37-63(105-82(125)62(33-35-76(99)121)102-81(124)61(32-34-75(98)120)103-86(129)66(104-80(123)53(9)97)40-55-23-14-11-15-24-55)83(126)107-67(41-56-25-16-12-17-26-56)87(130)106-64(38-50(3)4)84(127)109-70(44-77(100)122)90(133)116-79(54(10)119)94(137)111-65(39-51(5)6)85(128)112-71(46-118)91(134)108-68(42-57-27-18-13-19-28-57)89(132)115-78(52(7)8)93(136)113-72(47-141)95(138)117-36-22-31-74(117)92(135)110-69(88(131)114-73(48-142)96(139)140)43-58-45-101-60-30-21-20-29-59(58)60/h11-21,23-30,45,49-54,61-74,78-79,101,118-119,141-142H,22,31-44,46-48,97H2,1-10H3,(H2,98,120)(H2,99,121)(H2,100,122)(H,102,124)(H,103,129)(H,104,123)(H,105,125)(H,106,130)(H,107,126)(H,108,134)(H,109,127)(H,110,135)(H,111,137)(H,112,128)(H,113,136)(H,114,131)(H,115,132)(H,116,133)(H,139,140)/t53-,54+,61-,62-,63-,64-,65-,66-,67-,68-,69-,70-,71-,72-,73-,74-,78-,79-/m0/s1. The van der Waals surface area contributed by atoms with Crippen LogP contribution in [-0.4, -0.2) is 277 Å². The first-order chi connectivity index (χ1) is 67.1. The molecule has 1 aliphatic rings. The Morgan fingerprint density at radius 3 is 1.13 bits per heavy atom. The molecule has 142 heavy (non-hydrogen) atoms. The van der Waals surface area contributed by atoms with E-state index in [1.807, 2.05) is 0 Å². The van der Waals surface area contributed by atoms with Crippen LogP contribution in [-0.2, 0) is 122 Å². The van der Waals surface area contributed by atoms with E-state index in [0.29, 0.717) is 28.7 Å². The Morgan fingerprint density at radius 2 is 0.725 bits per heavy atom. The van der Waals surface area contributed by atoms with Crippen LogP contribution in [0.15, 0.2) is 121 Å². The largest absolute Gasteiger partial charge is 0.480 e. The van der Waals surface area contributed by atoms with Gasteiger partial charge in [-0.25, -0.2) is 4.79 Å². The molecule has 1 aromatic heterocycles. The molecule has 0 spiro atoms. The molecule has 776 valence electrons. The maximum Gasteiger partial charge on any atom is 0.327 e. The topological polar surface area (TPSA) is 706 Å². The molecule has 19 amide bonds. The number of para-hydroxylation sites is 1. The Bertz CT molecular complexity index is 5190. The van der Waals surface area contributed by atoms with E-state index in [2.05, 4.69) is 110 Å². The van der Waals surface area contributed by atoms with Gasteiger partial charge in [0.2, 0.25) is 112 Å². The number of aliphatic carboxylic acids is 1. The van der Waals surface area contributed by atoms with Crippen LogP contribution in [0.1, 0.15) is 156 Å². The van der Waals surface area contributed by atoms with Gasteiger partial charge in [0.05, 0.1) is 25.2 Å². The molecule has 1 aliphatic heterocycles. The quantitative estimate of drug-likeness (QED) is 0.0168. The number of carboxylic acid groups (broad SMARTS) is 1. The summed E-state index contributed by atoms with van der Waals surface area (Å²) in [5.41, 5.74) is 25.4. The van der Waals surface area contributed by atoms with Crippen LogP contribution in [0.3, 0.4) is 0 Å². The molecule has 44 nitrogen and oxygen atoms in total. The minimum atomic E-state index is -2.02. The van der Waals surface area contributed by atoms with Gasteiger partial charge in [-0.3, -0.25) is 91.1 Å². The van der Waals surface area contributed by atoms with Crippen molar-refractivity contribution in [2.24, 2.45) is 46.6 Å². The molecule has 46 heteroatoms. The van der Waals surface area contributed by atoms with Crippen molar-refractivity contribution in [3.8, 4) is 0 Å². The Hall–Kier alpha value is -13.6. The molecule has 27 N–H and O–H groups in total. The number of carbonyl (C=O) groups excluding carboxylic acids is 19. The van der Waals surface area contributed by atoms with Crippen LogP contribution < -0.4 is 103 Å². The van der Waals surface area contributed by atoms with E-state index in [1.54, 1.807) is 177 Å². The fraction of sp³-hybridized carbons (Fsp3) is 0.521. The molecular weight excluding hydrogens is 1880 g/mol. The normalized spacial score (nSPS) is 16.0. The molecule has 6 rings (SSSR count). The molecule has 0 bridgehead atoms. The first-order valence-electron chi connectivity index (χ1n) is 47.0. The number of aromatic nitrogens is 1. The Labute approximate surface area is 833 Å². The van der Waals surface area contributed by atoms with Gasteiger partial charge in [-0.1, -0.05) is 165 Å². The third kappa shape index (κ3) is 38.1. The number of aliphatic hydroxyl groups excluding tert-OH is 2. The summed E-state index contributed by atoms with van der Waals surface area (Å²) in [4.78, 5) is 284. The van der Waals surface area contributed by atoms with Gasteiger partial charge in [0.1, 0.15) is 96.7 Å². The highest BCUT2D eigenvalue weighted by Crippen LogP contribution is 2.24. The van der Waals surface area contributed by atoms with E-state index in [0.717, 1.165) is 17.8 Å². The zero-order chi connectivity index (χ0) is 105. The predicted octanol–water partition coefficient (Wildman–Crippen LogP) is -3.43. The summed E-state index contributed by atoms with van der Waals surface area (Å²) in [6.45, 7) is 14.5. The molecule has 0 saturated carbocycles. The fourth-order valence-corrected chi connectivity index (χ4v) is 16.1. The summed E-state index contributed by atoms with van der Waals surface area (Å²) < 4.78 is 0. The molecule has 18 atom stereocenters.